The molecule has 11 heteroatoms. The van der Waals surface area contributed by atoms with Gasteiger partial charge in [-0.05, 0) is 11.6 Å². The average Bonchev–Trinajstić information content (AvgIpc) is 2.50. The van der Waals surface area contributed by atoms with Crippen LogP contribution in [0.3, 0.4) is 0 Å². The third kappa shape index (κ3) is 10.7. The van der Waals surface area contributed by atoms with Crippen molar-refractivity contribution in [1.82, 2.24) is 0 Å². The maximum Gasteiger partial charge on any atom is 0.343 e. The van der Waals surface area contributed by atoms with E-state index in [1.165, 1.54) is 6.08 Å². The quantitative estimate of drug-likeness (QED) is 0.141. The zero-order valence-electron chi connectivity index (χ0n) is 13.2. The van der Waals surface area contributed by atoms with Crippen molar-refractivity contribution in [3.8, 4) is 0 Å². The highest BCUT2D eigenvalue weighted by molar-refractivity contribution is 7.85. The molecule has 0 aliphatic rings. The molecule has 1 aromatic rings. The first-order chi connectivity index (χ1) is 11.9. The second-order valence-electron chi connectivity index (χ2n) is 4.65. The third-order valence-electron chi connectivity index (χ3n) is 2.52. The molecule has 0 aromatic heterocycles. The van der Waals surface area contributed by atoms with Crippen LogP contribution in [0.2, 0.25) is 0 Å². The molecular formula is C15H17NO9S. The standard InChI is InChI=1S/C12H10O4.C3H7NO5S/c13-11(14)10(12(15)16)8-4-7-9-5-2-1-3-6-9;4-2(3(5)6)1-10(7,8)9/h1-8H,(H,13,14)(H,15,16);2H,1,4H2,(H,5,6)(H,7,8,9)/t;2-/m.0/s1. The number of allylic oxidation sites excluding steroid dienone is 2. The molecule has 1 atom stereocenters. The van der Waals surface area contributed by atoms with Gasteiger partial charge < -0.3 is 21.1 Å². The number of carbonyl (C=O) groups is 3. The van der Waals surface area contributed by atoms with Crippen LogP contribution in [0, 0.1) is 0 Å². The Bertz CT molecular complexity index is 782. The zero-order chi connectivity index (χ0) is 20.3. The van der Waals surface area contributed by atoms with Gasteiger partial charge in [0.1, 0.15) is 17.4 Å². The lowest BCUT2D eigenvalue weighted by atomic mass is 10.2. The Morgan fingerprint density at radius 3 is 1.88 bits per heavy atom. The number of benzene rings is 1. The smallest absolute Gasteiger partial charge is 0.343 e. The molecule has 0 saturated carbocycles. The van der Waals surface area contributed by atoms with Crippen LogP contribution >= 0.6 is 0 Å². The lowest BCUT2D eigenvalue weighted by Gasteiger charge is -2.01. The molecule has 0 saturated heterocycles. The van der Waals surface area contributed by atoms with E-state index >= 15 is 0 Å². The van der Waals surface area contributed by atoms with Gasteiger partial charge in [-0.2, -0.15) is 8.42 Å². The predicted molar refractivity (Wildman–Crippen MR) is 90.9 cm³/mol. The van der Waals surface area contributed by atoms with Crippen LogP contribution in [0.15, 0.2) is 48.1 Å². The molecule has 0 bridgehead atoms. The van der Waals surface area contributed by atoms with E-state index in [-0.39, 0.29) is 0 Å². The van der Waals surface area contributed by atoms with Gasteiger partial charge in [0.2, 0.25) is 0 Å². The minimum absolute atomic E-state index is 0.660. The normalized spacial score (nSPS) is 11.8. The van der Waals surface area contributed by atoms with E-state index in [0.29, 0.717) is 0 Å². The van der Waals surface area contributed by atoms with Gasteiger partial charge in [0.05, 0.1) is 0 Å². The SMILES string of the molecule is N[C@@H](CS(=O)(=O)O)C(=O)O.O=C(O)C(=CC=Cc1ccccc1)C(=O)O. The first-order valence-electron chi connectivity index (χ1n) is 6.77. The summed E-state index contributed by atoms with van der Waals surface area (Å²) in [5.41, 5.74) is 4.97. The molecule has 1 aromatic carbocycles. The Balaban J connectivity index is 0.000000541. The summed E-state index contributed by atoms with van der Waals surface area (Å²) in [6.45, 7) is 0. The van der Waals surface area contributed by atoms with Crippen LogP contribution in [0.1, 0.15) is 5.56 Å². The van der Waals surface area contributed by atoms with Crippen LogP contribution in [0.5, 0.6) is 0 Å². The number of aliphatic carboxylic acids is 3. The summed E-state index contributed by atoms with van der Waals surface area (Å²) in [5, 5.41) is 25.2. The fraction of sp³-hybridized carbons (Fsp3) is 0.133. The van der Waals surface area contributed by atoms with E-state index in [9.17, 15) is 22.8 Å². The Kier molecular flexibility index (Phi) is 9.51. The Morgan fingerprint density at radius 2 is 1.54 bits per heavy atom. The largest absolute Gasteiger partial charge is 0.480 e. The fourth-order valence-corrected chi connectivity index (χ4v) is 1.95. The van der Waals surface area contributed by atoms with Crippen molar-refractivity contribution in [2.24, 2.45) is 5.73 Å². The minimum atomic E-state index is -4.27. The van der Waals surface area contributed by atoms with Crippen molar-refractivity contribution in [2.45, 2.75) is 6.04 Å². The van der Waals surface area contributed by atoms with Crippen molar-refractivity contribution in [3.63, 3.8) is 0 Å². The molecule has 6 N–H and O–H groups in total. The third-order valence-corrected chi connectivity index (χ3v) is 3.30. The Labute approximate surface area is 148 Å². The van der Waals surface area contributed by atoms with Crippen molar-refractivity contribution in [3.05, 3.63) is 53.6 Å². The molecule has 0 unspecified atom stereocenters. The molecule has 10 nitrogen and oxygen atoms in total. The van der Waals surface area contributed by atoms with E-state index in [0.717, 1.165) is 11.6 Å². The second-order valence-corrected chi connectivity index (χ2v) is 6.15. The van der Waals surface area contributed by atoms with Crippen molar-refractivity contribution in [2.75, 3.05) is 5.75 Å². The van der Waals surface area contributed by atoms with E-state index in [1.807, 2.05) is 30.3 Å². The molecule has 0 radical (unpaired) electrons. The molecule has 0 aliphatic carbocycles. The number of rotatable bonds is 7. The molecule has 142 valence electrons. The highest BCUT2D eigenvalue weighted by Crippen LogP contribution is 2.02. The summed E-state index contributed by atoms with van der Waals surface area (Å²) < 4.78 is 28.0. The number of nitrogens with two attached hydrogens (primary N) is 1. The average molecular weight is 387 g/mol. The van der Waals surface area contributed by atoms with E-state index in [1.54, 1.807) is 6.08 Å². The van der Waals surface area contributed by atoms with Gasteiger partial charge in [-0.3, -0.25) is 9.35 Å². The lowest BCUT2D eigenvalue weighted by molar-refractivity contribution is -0.140. The predicted octanol–water partition coefficient (Wildman–Crippen LogP) is 0.0815. The summed E-state index contributed by atoms with van der Waals surface area (Å²) in [5.74, 6) is -5.32. The summed E-state index contributed by atoms with van der Waals surface area (Å²) in [4.78, 5) is 30.9. The van der Waals surface area contributed by atoms with E-state index in [2.05, 4.69) is 0 Å². The number of hydrogen-bond donors (Lipinski definition) is 5. The van der Waals surface area contributed by atoms with Gasteiger partial charge in [0.25, 0.3) is 10.1 Å². The fourth-order valence-electron chi connectivity index (χ4n) is 1.35. The molecule has 0 spiro atoms. The van der Waals surface area contributed by atoms with E-state index < -0.39 is 45.4 Å². The van der Waals surface area contributed by atoms with Crippen LogP contribution in [-0.4, -0.2) is 58.0 Å². The number of carboxylic acids is 3. The van der Waals surface area contributed by atoms with Crippen LogP contribution in [0.4, 0.5) is 0 Å². The maximum absolute atomic E-state index is 10.5. The Hall–Kier alpha value is -3.02. The molecule has 0 aliphatic heterocycles. The van der Waals surface area contributed by atoms with Crippen LogP contribution in [0.25, 0.3) is 6.08 Å². The second kappa shape index (κ2) is 10.8. The summed E-state index contributed by atoms with van der Waals surface area (Å²) in [6.07, 6.45) is 4.08. The summed E-state index contributed by atoms with van der Waals surface area (Å²) in [6, 6.07) is 7.61. The summed E-state index contributed by atoms with van der Waals surface area (Å²) in [7, 11) is -4.27. The van der Waals surface area contributed by atoms with Gasteiger partial charge in [-0.15, -0.1) is 0 Å². The van der Waals surface area contributed by atoms with Gasteiger partial charge in [-0.25, -0.2) is 9.59 Å². The molecule has 0 fully saturated rings. The number of carboxylic acid groups (broad SMARTS) is 3. The molecular weight excluding hydrogens is 370 g/mol. The van der Waals surface area contributed by atoms with E-state index in [4.69, 9.17) is 25.6 Å². The van der Waals surface area contributed by atoms with Gasteiger partial charge >= 0.3 is 17.9 Å². The Morgan fingerprint density at radius 1 is 1.04 bits per heavy atom. The maximum atomic E-state index is 10.5. The highest BCUT2D eigenvalue weighted by atomic mass is 32.2. The van der Waals surface area contributed by atoms with Crippen molar-refractivity contribution >= 4 is 34.1 Å². The number of hydrogen-bond acceptors (Lipinski definition) is 6. The van der Waals surface area contributed by atoms with Crippen LogP contribution in [-0.2, 0) is 24.5 Å². The van der Waals surface area contributed by atoms with Crippen molar-refractivity contribution in [1.29, 1.82) is 0 Å². The first kappa shape index (κ1) is 23.0. The van der Waals surface area contributed by atoms with Gasteiger partial charge in [0, 0.05) is 0 Å². The highest BCUT2D eigenvalue weighted by Gasteiger charge is 2.18. The zero-order valence-corrected chi connectivity index (χ0v) is 14.0. The molecule has 26 heavy (non-hydrogen) atoms. The first-order valence-corrected chi connectivity index (χ1v) is 8.38. The molecule has 0 heterocycles. The topological polar surface area (TPSA) is 192 Å². The minimum Gasteiger partial charge on any atom is -0.480 e. The molecule has 0 amide bonds. The van der Waals surface area contributed by atoms with Gasteiger partial charge in [-0.1, -0.05) is 42.5 Å². The van der Waals surface area contributed by atoms with Crippen molar-refractivity contribution < 1.29 is 42.7 Å². The lowest BCUT2D eigenvalue weighted by Crippen LogP contribution is -2.36. The molecule has 1 rings (SSSR count). The van der Waals surface area contributed by atoms with Crippen LogP contribution < -0.4 is 5.73 Å². The summed E-state index contributed by atoms with van der Waals surface area (Å²) >= 11 is 0. The monoisotopic (exact) mass is 387 g/mol. The van der Waals surface area contributed by atoms with Gasteiger partial charge in [0.15, 0.2) is 0 Å².